The van der Waals surface area contributed by atoms with Crippen LogP contribution in [0, 0.1) is 11.6 Å². The summed E-state index contributed by atoms with van der Waals surface area (Å²) in [7, 11) is 1.56. The molecule has 2 aromatic rings. The number of hydrogen-bond donors (Lipinski definition) is 1. The predicted molar refractivity (Wildman–Crippen MR) is 73.3 cm³/mol. The van der Waals surface area contributed by atoms with Crippen LogP contribution in [0.4, 0.5) is 14.5 Å². The van der Waals surface area contributed by atoms with Crippen molar-refractivity contribution in [1.29, 1.82) is 0 Å². The minimum atomic E-state index is -0.835. The van der Waals surface area contributed by atoms with Crippen molar-refractivity contribution in [2.75, 3.05) is 12.8 Å². The zero-order valence-corrected chi connectivity index (χ0v) is 11.1. The van der Waals surface area contributed by atoms with Crippen LogP contribution in [0.15, 0.2) is 41.3 Å². The van der Waals surface area contributed by atoms with Gasteiger partial charge in [-0.1, -0.05) is 6.07 Å². The van der Waals surface area contributed by atoms with Gasteiger partial charge in [-0.3, -0.25) is 0 Å². The van der Waals surface area contributed by atoms with Crippen LogP contribution in [0.5, 0.6) is 5.75 Å². The molecule has 0 unspecified atom stereocenters. The van der Waals surface area contributed by atoms with E-state index in [1.54, 1.807) is 19.2 Å². The monoisotopic (exact) mass is 281 g/mol. The third-order valence-corrected chi connectivity index (χ3v) is 3.66. The molecule has 0 aliphatic heterocycles. The number of methoxy groups -OCH3 is 1. The largest absolute Gasteiger partial charge is 0.495 e. The Bertz CT molecular complexity index is 590. The number of benzene rings is 2. The molecule has 19 heavy (non-hydrogen) atoms. The minimum absolute atomic E-state index is 0.561. The van der Waals surface area contributed by atoms with E-state index in [2.05, 4.69) is 0 Å². The van der Waals surface area contributed by atoms with Crippen LogP contribution in [-0.2, 0) is 5.75 Å². The Kier molecular flexibility index (Phi) is 4.27. The number of nitrogen functional groups attached to an aromatic ring is 1. The van der Waals surface area contributed by atoms with Crippen molar-refractivity contribution in [2.45, 2.75) is 10.6 Å². The van der Waals surface area contributed by atoms with Gasteiger partial charge in [-0.15, -0.1) is 11.8 Å². The van der Waals surface area contributed by atoms with Gasteiger partial charge >= 0.3 is 0 Å². The molecule has 0 radical (unpaired) electrons. The van der Waals surface area contributed by atoms with Crippen LogP contribution in [-0.4, -0.2) is 7.11 Å². The lowest BCUT2D eigenvalue weighted by Gasteiger charge is -2.07. The van der Waals surface area contributed by atoms with Crippen LogP contribution in [0.3, 0.4) is 0 Å². The highest BCUT2D eigenvalue weighted by atomic mass is 32.2. The second-order valence-corrected chi connectivity index (χ2v) is 4.99. The van der Waals surface area contributed by atoms with Crippen LogP contribution in [0.2, 0.25) is 0 Å². The van der Waals surface area contributed by atoms with Crippen molar-refractivity contribution in [3.8, 4) is 5.75 Å². The molecular formula is C14H13F2NOS. The standard InChI is InChI=1S/C14H13F2NOS/c1-18-14-5-2-9(6-13(14)17)8-19-10-3-4-11(15)12(16)7-10/h2-7H,8,17H2,1H3. The van der Waals surface area contributed by atoms with E-state index < -0.39 is 11.6 Å². The van der Waals surface area contributed by atoms with E-state index in [4.69, 9.17) is 10.5 Å². The van der Waals surface area contributed by atoms with Crippen LogP contribution in [0.25, 0.3) is 0 Å². The molecule has 0 saturated carbocycles. The van der Waals surface area contributed by atoms with Gasteiger partial charge in [0.15, 0.2) is 11.6 Å². The molecular weight excluding hydrogens is 268 g/mol. The first kappa shape index (κ1) is 13.7. The number of halogens is 2. The lowest BCUT2D eigenvalue weighted by molar-refractivity contribution is 0.417. The van der Waals surface area contributed by atoms with E-state index in [0.29, 0.717) is 22.1 Å². The van der Waals surface area contributed by atoms with Crippen molar-refractivity contribution in [3.63, 3.8) is 0 Å². The summed E-state index contributed by atoms with van der Waals surface area (Å²) in [5, 5.41) is 0. The average Bonchev–Trinajstić information content (AvgIpc) is 2.40. The molecule has 0 heterocycles. The van der Waals surface area contributed by atoms with Gasteiger partial charge in [-0.25, -0.2) is 8.78 Å². The van der Waals surface area contributed by atoms with Gasteiger partial charge in [0.1, 0.15) is 5.75 Å². The zero-order valence-electron chi connectivity index (χ0n) is 10.3. The average molecular weight is 281 g/mol. The molecule has 0 atom stereocenters. The van der Waals surface area contributed by atoms with Gasteiger partial charge in [-0.05, 0) is 35.9 Å². The SMILES string of the molecule is COc1ccc(CSc2ccc(F)c(F)c2)cc1N. The van der Waals surface area contributed by atoms with Gasteiger partial charge in [0.2, 0.25) is 0 Å². The van der Waals surface area contributed by atoms with E-state index in [0.717, 1.165) is 11.6 Å². The fourth-order valence-corrected chi connectivity index (χ4v) is 2.47. The summed E-state index contributed by atoms with van der Waals surface area (Å²) >= 11 is 1.42. The van der Waals surface area contributed by atoms with E-state index in [-0.39, 0.29) is 0 Å². The fraction of sp³-hybridized carbons (Fsp3) is 0.143. The molecule has 5 heteroatoms. The van der Waals surface area contributed by atoms with Crippen molar-refractivity contribution in [1.82, 2.24) is 0 Å². The Morgan fingerprint density at radius 2 is 1.89 bits per heavy atom. The Morgan fingerprint density at radius 3 is 2.53 bits per heavy atom. The molecule has 0 amide bonds. The highest BCUT2D eigenvalue weighted by Crippen LogP contribution is 2.28. The second-order valence-electron chi connectivity index (χ2n) is 3.94. The van der Waals surface area contributed by atoms with Crippen molar-refractivity contribution >= 4 is 17.4 Å². The molecule has 0 spiro atoms. The highest BCUT2D eigenvalue weighted by molar-refractivity contribution is 7.98. The maximum Gasteiger partial charge on any atom is 0.159 e. The maximum absolute atomic E-state index is 13.0. The van der Waals surface area contributed by atoms with Gasteiger partial charge in [-0.2, -0.15) is 0 Å². The van der Waals surface area contributed by atoms with Crippen LogP contribution >= 0.6 is 11.8 Å². The molecule has 0 aromatic heterocycles. The van der Waals surface area contributed by atoms with Crippen molar-refractivity contribution in [3.05, 3.63) is 53.6 Å². The fourth-order valence-electron chi connectivity index (χ4n) is 1.61. The Labute approximate surface area is 114 Å². The molecule has 0 aliphatic rings. The first-order valence-electron chi connectivity index (χ1n) is 5.60. The zero-order chi connectivity index (χ0) is 13.8. The van der Waals surface area contributed by atoms with E-state index in [9.17, 15) is 8.78 Å². The summed E-state index contributed by atoms with van der Waals surface area (Å²) in [5.74, 6) is -0.418. The third-order valence-electron chi connectivity index (χ3n) is 2.59. The van der Waals surface area contributed by atoms with E-state index >= 15 is 0 Å². The summed E-state index contributed by atoms with van der Waals surface area (Å²) < 4.78 is 30.9. The molecule has 0 saturated heterocycles. The second kappa shape index (κ2) is 5.93. The number of anilines is 1. The quantitative estimate of drug-likeness (QED) is 0.683. The predicted octanol–water partition coefficient (Wildman–Crippen LogP) is 3.85. The lowest BCUT2D eigenvalue weighted by atomic mass is 10.2. The Balaban J connectivity index is 2.05. The number of thioether (sulfide) groups is 1. The molecule has 0 aliphatic carbocycles. The molecule has 2 nitrogen and oxygen atoms in total. The Morgan fingerprint density at radius 1 is 1.11 bits per heavy atom. The van der Waals surface area contributed by atoms with Crippen LogP contribution in [0.1, 0.15) is 5.56 Å². The normalized spacial score (nSPS) is 10.5. The summed E-state index contributed by atoms with van der Waals surface area (Å²) in [4.78, 5) is 0.674. The highest BCUT2D eigenvalue weighted by Gasteiger charge is 2.05. The first-order chi connectivity index (χ1) is 9.10. The number of rotatable bonds is 4. The van der Waals surface area contributed by atoms with Crippen LogP contribution < -0.4 is 10.5 Å². The maximum atomic E-state index is 13.0. The molecule has 2 rings (SSSR count). The first-order valence-corrected chi connectivity index (χ1v) is 6.59. The van der Waals surface area contributed by atoms with Gasteiger partial charge in [0.05, 0.1) is 12.8 Å². The Hall–Kier alpha value is -1.75. The summed E-state index contributed by atoms with van der Waals surface area (Å²) in [6.07, 6.45) is 0. The topological polar surface area (TPSA) is 35.2 Å². The van der Waals surface area contributed by atoms with Crippen molar-refractivity contribution < 1.29 is 13.5 Å². The summed E-state index contributed by atoms with van der Waals surface area (Å²) in [6.45, 7) is 0. The minimum Gasteiger partial charge on any atom is -0.495 e. The molecule has 100 valence electrons. The van der Waals surface area contributed by atoms with Gasteiger partial charge in [0.25, 0.3) is 0 Å². The lowest BCUT2D eigenvalue weighted by Crippen LogP contribution is -1.93. The third kappa shape index (κ3) is 3.38. The van der Waals surface area contributed by atoms with Gasteiger partial charge in [0, 0.05) is 10.6 Å². The number of hydrogen-bond acceptors (Lipinski definition) is 3. The van der Waals surface area contributed by atoms with Gasteiger partial charge < -0.3 is 10.5 Å². The molecule has 0 fully saturated rings. The molecule has 2 aromatic carbocycles. The molecule has 0 bridgehead atoms. The summed E-state index contributed by atoms with van der Waals surface area (Å²) in [6, 6.07) is 9.35. The summed E-state index contributed by atoms with van der Waals surface area (Å²) in [5.41, 5.74) is 7.36. The smallest absolute Gasteiger partial charge is 0.159 e. The number of nitrogens with two attached hydrogens (primary N) is 1. The van der Waals surface area contributed by atoms with Crippen molar-refractivity contribution in [2.24, 2.45) is 0 Å². The number of ether oxygens (including phenoxy) is 1. The van der Waals surface area contributed by atoms with E-state index in [1.807, 2.05) is 12.1 Å². The van der Waals surface area contributed by atoms with E-state index in [1.165, 1.54) is 17.8 Å². The molecule has 2 N–H and O–H groups in total.